The number of carbonyl (C=O) groups is 1. The maximum atomic E-state index is 12.0. The van der Waals surface area contributed by atoms with Gasteiger partial charge in [-0.2, -0.15) is 0 Å². The molecule has 6 rings (SSSR count). The molecule has 0 amide bonds. The number of anilines is 1. The molecule has 5 atom stereocenters. The highest BCUT2D eigenvalue weighted by atomic mass is 35.5. The van der Waals surface area contributed by atoms with Crippen LogP contribution in [0.15, 0.2) is 66.7 Å². The molecule has 168 valence electrons. The first-order valence-corrected chi connectivity index (χ1v) is 12.1. The van der Waals surface area contributed by atoms with Crippen LogP contribution in [0, 0.1) is 17.8 Å². The van der Waals surface area contributed by atoms with Crippen LogP contribution in [-0.4, -0.2) is 11.1 Å². The predicted molar refractivity (Wildman–Crippen MR) is 129 cm³/mol. The number of nitrogens with one attached hydrogen (secondary N) is 1. The summed E-state index contributed by atoms with van der Waals surface area (Å²) in [6, 6.07) is 21.8. The molecule has 2 aliphatic carbocycles. The van der Waals surface area contributed by atoms with Crippen molar-refractivity contribution in [3.05, 3.63) is 94.0 Å². The Morgan fingerprint density at radius 3 is 2.58 bits per heavy atom. The first kappa shape index (κ1) is 20.6. The lowest BCUT2D eigenvalue weighted by Gasteiger charge is -2.44. The minimum Gasteiger partial charge on any atom is -0.489 e. The number of aromatic carboxylic acids is 1. The van der Waals surface area contributed by atoms with Crippen molar-refractivity contribution in [1.29, 1.82) is 0 Å². The van der Waals surface area contributed by atoms with Crippen molar-refractivity contribution in [3.8, 4) is 5.75 Å². The van der Waals surface area contributed by atoms with Gasteiger partial charge in [0.25, 0.3) is 0 Å². The minimum atomic E-state index is -0.872. The largest absolute Gasteiger partial charge is 0.489 e. The zero-order valence-corrected chi connectivity index (χ0v) is 19.0. The smallest absolute Gasteiger partial charge is 0.337 e. The lowest BCUT2D eigenvalue weighted by molar-refractivity contribution is 0.0697. The monoisotopic (exact) mass is 459 g/mol. The molecule has 3 aromatic rings. The first-order valence-electron chi connectivity index (χ1n) is 11.7. The lowest BCUT2D eigenvalue weighted by atomic mass is 9.67. The number of carboxylic acids is 1. The van der Waals surface area contributed by atoms with Gasteiger partial charge in [0.1, 0.15) is 12.4 Å². The van der Waals surface area contributed by atoms with Crippen molar-refractivity contribution in [3.63, 3.8) is 0 Å². The van der Waals surface area contributed by atoms with Gasteiger partial charge in [0.2, 0.25) is 0 Å². The van der Waals surface area contributed by atoms with Gasteiger partial charge in [-0.05, 0) is 78.3 Å². The molecule has 0 unspecified atom stereocenters. The summed E-state index contributed by atoms with van der Waals surface area (Å²) in [6.45, 7) is 0.421. The Kier molecular flexibility index (Phi) is 5.06. The van der Waals surface area contributed by atoms with Crippen LogP contribution in [-0.2, 0) is 6.61 Å². The summed E-state index contributed by atoms with van der Waals surface area (Å²) < 4.78 is 5.98. The molecule has 5 heteroatoms. The summed E-state index contributed by atoms with van der Waals surface area (Å²) >= 11 is 6.25. The molecule has 1 aliphatic heterocycles. The summed E-state index contributed by atoms with van der Waals surface area (Å²) in [5, 5.41) is 14.2. The van der Waals surface area contributed by atoms with Crippen molar-refractivity contribution in [2.45, 2.75) is 37.8 Å². The van der Waals surface area contributed by atoms with E-state index in [0.717, 1.165) is 17.0 Å². The van der Waals surface area contributed by atoms with Crippen molar-refractivity contribution in [2.75, 3.05) is 5.32 Å². The van der Waals surface area contributed by atoms with Crippen molar-refractivity contribution in [1.82, 2.24) is 0 Å². The molecule has 2 fully saturated rings. The number of rotatable bonds is 5. The maximum absolute atomic E-state index is 12.0. The van der Waals surface area contributed by atoms with Crippen LogP contribution in [0.4, 0.5) is 5.69 Å². The van der Waals surface area contributed by atoms with E-state index < -0.39 is 5.97 Å². The molecule has 3 aromatic carbocycles. The number of hydrogen-bond acceptors (Lipinski definition) is 3. The molecular formula is C28H26ClNO3. The first-order chi connectivity index (χ1) is 16.1. The van der Waals surface area contributed by atoms with Crippen molar-refractivity contribution in [2.24, 2.45) is 17.8 Å². The third kappa shape index (κ3) is 3.48. The minimum absolute atomic E-state index is 0.107. The van der Waals surface area contributed by atoms with Crippen LogP contribution >= 0.6 is 11.6 Å². The highest BCUT2D eigenvalue weighted by Gasteiger charge is 2.54. The van der Waals surface area contributed by atoms with E-state index in [9.17, 15) is 9.90 Å². The van der Waals surface area contributed by atoms with Crippen molar-refractivity contribution >= 4 is 23.3 Å². The Labute approximate surface area is 198 Å². The fourth-order valence-corrected chi connectivity index (χ4v) is 6.76. The maximum Gasteiger partial charge on any atom is 0.337 e. The third-order valence-electron chi connectivity index (χ3n) is 7.94. The van der Waals surface area contributed by atoms with Gasteiger partial charge < -0.3 is 15.2 Å². The van der Waals surface area contributed by atoms with Gasteiger partial charge >= 0.3 is 5.97 Å². The molecule has 3 aliphatic rings. The van der Waals surface area contributed by atoms with E-state index in [0.29, 0.717) is 40.9 Å². The van der Waals surface area contributed by atoms with Gasteiger partial charge in [0, 0.05) is 10.6 Å². The Hall–Kier alpha value is -2.98. The summed E-state index contributed by atoms with van der Waals surface area (Å²) in [5.41, 5.74) is 4.53. The number of fused-ring (bicyclic) bond motifs is 7. The number of halogens is 1. The number of para-hydroxylation sites is 1. The number of hydrogen-bond donors (Lipinski definition) is 2. The zero-order chi connectivity index (χ0) is 22.5. The molecule has 0 aromatic heterocycles. The molecule has 0 spiro atoms. The third-order valence-corrected chi connectivity index (χ3v) is 8.31. The highest BCUT2D eigenvalue weighted by Crippen LogP contribution is 2.64. The summed E-state index contributed by atoms with van der Waals surface area (Å²) in [7, 11) is 0. The van der Waals surface area contributed by atoms with Gasteiger partial charge in [-0.15, -0.1) is 0 Å². The van der Waals surface area contributed by atoms with Gasteiger partial charge in [-0.1, -0.05) is 54.1 Å². The van der Waals surface area contributed by atoms with Crippen LogP contribution in [0.1, 0.15) is 58.3 Å². The van der Waals surface area contributed by atoms with Gasteiger partial charge in [0.15, 0.2) is 0 Å². The fourth-order valence-electron chi connectivity index (χ4n) is 6.57. The van der Waals surface area contributed by atoms with E-state index in [-0.39, 0.29) is 6.04 Å². The van der Waals surface area contributed by atoms with Crippen LogP contribution in [0.25, 0.3) is 0 Å². The quantitative estimate of drug-likeness (QED) is 0.435. The second-order valence-electron chi connectivity index (χ2n) is 9.58. The predicted octanol–water partition coefficient (Wildman–Crippen LogP) is 6.91. The van der Waals surface area contributed by atoms with E-state index in [2.05, 4.69) is 23.5 Å². The molecule has 33 heavy (non-hydrogen) atoms. The van der Waals surface area contributed by atoms with Gasteiger partial charge in [-0.3, -0.25) is 0 Å². The highest BCUT2D eigenvalue weighted by molar-refractivity contribution is 6.31. The average Bonchev–Trinajstić information content (AvgIpc) is 3.46. The molecule has 4 nitrogen and oxygen atoms in total. The zero-order valence-electron chi connectivity index (χ0n) is 18.2. The molecule has 1 heterocycles. The van der Waals surface area contributed by atoms with Crippen LogP contribution < -0.4 is 10.1 Å². The van der Waals surface area contributed by atoms with Gasteiger partial charge in [-0.25, -0.2) is 4.79 Å². The van der Waals surface area contributed by atoms with Gasteiger partial charge in [0.05, 0.1) is 17.3 Å². The van der Waals surface area contributed by atoms with E-state index in [1.54, 1.807) is 6.07 Å². The number of benzene rings is 3. The molecule has 0 radical (unpaired) electrons. The SMILES string of the molecule is O=C(O)c1cccc2c1N[C@H](c1ccc(OCc3ccccc3Cl)cc1)[C@H]1[C@H]3CC[C@@H](C3)[C@H]21. The van der Waals surface area contributed by atoms with E-state index in [1.807, 2.05) is 42.5 Å². The second kappa shape index (κ2) is 8.11. The standard InChI is InChI=1S/C28H26ClNO3/c29-23-7-2-1-4-19(23)15-33-20-12-10-16(11-13-20)26-25-18-9-8-17(14-18)24(25)21-5-3-6-22(28(31)32)27(21)30-26/h1-7,10-13,17-18,24-26,30H,8-9,14-15H2,(H,31,32)/t17-,18-,24+,25-,26+/m0/s1. The summed E-state index contributed by atoms with van der Waals surface area (Å²) in [6.07, 6.45) is 3.78. The average molecular weight is 460 g/mol. The molecule has 2 saturated carbocycles. The van der Waals surface area contributed by atoms with E-state index in [4.69, 9.17) is 16.3 Å². The Morgan fingerprint density at radius 1 is 1.00 bits per heavy atom. The van der Waals surface area contributed by atoms with Crippen LogP contribution in [0.5, 0.6) is 5.75 Å². The molecule has 0 saturated heterocycles. The summed E-state index contributed by atoms with van der Waals surface area (Å²) in [5.74, 6) is 2.20. The Bertz CT molecular complexity index is 1210. The Morgan fingerprint density at radius 2 is 1.79 bits per heavy atom. The number of carboxylic acid groups (broad SMARTS) is 1. The van der Waals surface area contributed by atoms with Crippen molar-refractivity contribution < 1.29 is 14.6 Å². The molecule has 2 bridgehead atoms. The topological polar surface area (TPSA) is 58.6 Å². The second-order valence-corrected chi connectivity index (χ2v) is 9.99. The lowest BCUT2D eigenvalue weighted by Crippen LogP contribution is -2.36. The van der Waals surface area contributed by atoms with Crippen LogP contribution in [0.3, 0.4) is 0 Å². The normalized spacial score (nSPS) is 26.9. The molecular weight excluding hydrogens is 434 g/mol. The molecule has 2 N–H and O–H groups in total. The van der Waals surface area contributed by atoms with E-state index >= 15 is 0 Å². The van der Waals surface area contributed by atoms with Crippen LogP contribution in [0.2, 0.25) is 5.02 Å². The fraction of sp³-hybridized carbons (Fsp3) is 0.321. The summed E-state index contributed by atoms with van der Waals surface area (Å²) in [4.78, 5) is 12.0. The van der Waals surface area contributed by atoms with E-state index in [1.165, 1.54) is 30.4 Å². The number of ether oxygens (including phenoxy) is 1. The Balaban J connectivity index is 1.29.